The number of anilines is 1. The Morgan fingerprint density at radius 2 is 2.39 bits per heavy atom. The molecule has 3 rings (SSSR count). The van der Waals surface area contributed by atoms with E-state index >= 15 is 0 Å². The maximum atomic E-state index is 12.3. The number of aromatic nitrogens is 2. The summed E-state index contributed by atoms with van der Waals surface area (Å²) in [4.78, 5) is 14.1. The van der Waals surface area contributed by atoms with E-state index in [1.807, 2.05) is 13.0 Å². The van der Waals surface area contributed by atoms with Crippen LogP contribution in [0.5, 0.6) is 5.75 Å². The molecule has 0 aliphatic carbocycles. The molecule has 1 aliphatic heterocycles. The van der Waals surface area contributed by atoms with Crippen molar-refractivity contribution < 1.29 is 9.53 Å². The highest BCUT2D eigenvalue weighted by Gasteiger charge is 2.29. The van der Waals surface area contributed by atoms with Gasteiger partial charge < -0.3 is 15.4 Å². The summed E-state index contributed by atoms with van der Waals surface area (Å²) in [7, 11) is 0. The van der Waals surface area contributed by atoms with Crippen LogP contribution in [0.2, 0.25) is 5.02 Å². The molecule has 1 aliphatic rings. The van der Waals surface area contributed by atoms with Crippen molar-refractivity contribution in [3.8, 4) is 5.75 Å². The zero-order chi connectivity index (χ0) is 16.4. The van der Waals surface area contributed by atoms with E-state index in [1.165, 1.54) is 0 Å². The summed E-state index contributed by atoms with van der Waals surface area (Å²) in [5, 5.41) is 7.45. The first-order valence-corrected chi connectivity index (χ1v) is 7.88. The molecule has 0 saturated carbocycles. The number of aromatic amines is 1. The highest BCUT2D eigenvalue weighted by Crippen LogP contribution is 2.29. The topological polar surface area (TPSA) is 84.2 Å². The molecule has 0 radical (unpaired) electrons. The van der Waals surface area contributed by atoms with Gasteiger partial charge in [-0.3, -0.25) is 9.89 Å². The van der Waals surface area contributed by atoms with Crippen molar-refractivity contribution in [2.45, 2.75) is 19.3 Å². The lowest BCUT2D eigenvalue weighted by Crippen LogP contribution is -2.33. The fourth-order valence-corrected chi connectivity index (χ4v) is 2.98. The number of nitrogen functional groups attached to an aromatic ring is 1. The molecule has 122 valence electrons. The Bertz CT molecular complexity index is 716. The molecular weight excluding hydrogens is 316 g/mol. The minimum absolute atomic E-state index is 0.00631. The number of H-pyrrole nitrogens is 1. The number of likely N-dealkylation sites (tertiary alicyclic amines) is 1. The Balaban J connectivity index is 1.57. The van der Waals surface area contributed by atoms with Gasteiger partial charge in [-0.15, -0.1) is 0 Å². The lowest BCUT2D eigenvalue weighted by Gasteiger charge is -2.17. The van der Waals surface area contributed by atoms with E-state index in [4.69, 9.17) is 22.1 Å². The molecule has 7 heteroatoms. The molecule has 1 atom stereocenters. The third kappa shape index (κ3) is 3.42. The van der Waals surface area contributed by atoms with Gasteiger partial charge in [-0.1, -0.05) is 17.7 Å². The van der Waals surface area contributed by atoms with E-state index in [2.05, 4.69) is 10.2 Å². The molecule has 1 aromatic heterocycles. The highest BCUT2D eigenvalue weighted by atomic mass is 35.5. The van der Waals surface area contributed by atoms with Gasteiger partial charge in [0.1, 0.15) is 5.75 Å². The van der Waals surface area contributed by atoms with Crippen LogP contribution in [0.3, 0.4) is 0 Å². The fourth-order valence-electron chi connectivity index (χ4n) is 2.82. The van der Waals surface area contributed by atoms with Gasteiger partial charge >= 0.3 is 0 Å². The molecule has 23 heavy (non-hydrogen) atoms. The van der Waals surface area contributed by atoms with Gasteiger partial charge in [-0.2, -0.15) is 5.10 Å². The van der Waals surface area contributed by atoms with Crippen molar-refractivity contribution in [1.82, 2.24) is 15.1 Å². The smallest absolute Gasteiger partial charge is 0.260 e. The zero-order valence-electron chi connectivity index (χ0n) is 12.9. The van der Waals surface area contributed by atoms with E-state index < -0.39 is 0 Å². The number of ether oxygens (including phenoxy) is 1. The number of nitrogens with two attached hydrogens (primary N) is 1. The second-order valence-corrected chi connectivity index (χ2v) is 6.20. The second kappa shape index (κ2) is 6.50. The monoisotopic (exact) mass is 334 g/mol. The number of aryl methyl sites for hydroxylation is 1. The van der Waals surface area contributed by atoms with Crippen LogP contribution in [0.4, 0.5) is 5.69 Å². The number of hydrogen-bond donors (Lipinski definition) is 2. The maximum Gasteiger partial charge on any atom is 0.260 e. The van der Waals surface area contributed by atoms with E-state index in [0.29, 0.717) is 29.5 Å². The minimum atomic E-state index is -0.0371. The van der Waals surface area contributed by atoms with Crippen LogP contribution in [0.1, 0.15) is 23.6 Å². The fraction of sp³-hybridized carbons (Fsp3) is 0.375. The third-order valence-corrected chi connectivity index (χ3v) is 4.39. The lowest BCUT2D eigenvalue weighted by atomic mass is 10.0. The number of carbonyl (C=O) groups excluding carboxylic acids is 1. The number of hydrogen-bond acceptors (Lipinski definition) is 4. The van der Waals surface area contributed by atoms with E-state index in [-0.39, 0.29) is 18.4 Å². The lowest BCUT2D eigenvalue weighted by molar-refractivity contribution is -0.132. The van der Waals surface area contributed by atoms with Gasteiger partial charge in [0.2, 0.25) is 0 Å². The Labute approximate surface area is 139 Å². The summed E-state index contributed by atoms with van der Waals surface area (Å²) in [6, 6.07) is 5.39. The van der Waals surface area contributed by atoms with Crippen LogP contribution >= 0.6 is 11.6 Å². The first-order valence-electron chi connectivity index (χ1n) is 7.50. The van der Waals surface area contributed by atoms with Crippen molar-refractivity contribution in [2.24, 2.45) is 0 Å². The molecule has 2 heterocycles. The normalized spacial score (nSPS) is 17.5. The maximum absolute atomic E-state index is 12.3. The Morgan fingerprint density at radius 3 is 3.13 bits per heavy atom. The van der Waals surface area contributed by atoms with Crippen molar-refractivity contribution in [1.29, 1.82) is 0 Å². The first kappa shape index (κ1) is 15.7. The number of nitrogens with one attached hydrogen (secondary N) is 1. The van der Waals surface area contributed by atoms with Crippen LogP contribution in [0.15, 0.2) is 24.4 Å². The van der Waals surface area contributed by atoms with Gasteiger partial charge in [0.25, 0.3) is 5.91 Å². The summed E-state index contributed by atoms with van der Waals surface area (Å²) >= 11 is 5.95. The molecule has 1 amide bonds. The molecule has 1 unspecified atom stereocenters. The Hall–Kier alpha value is -2.21. The van der Waals surface area contributed by atoms with Gasteiger partial charge in [0, 0.05) is 24.0 Å². The molecule has 1 saturated heterocycles. The van der Waals surface area contributed by atoms with E-state index in [9.17, 15) is 4.79 Å². The zero-order valence-corrected chi connectivity index (χ0v) is 13.6. The minimum Gasteiger partial charge on any atom is -0.483 e. The summed E-state index contributed by atoms with van der Waals surface area (Å²) < 4.78 is 5.62. The largest absolute Gasteiger partial charge is 0.483 e. The van der Waals surface area contributed by atoms with Crippen LogP contribution in [0.25, 0.3) is 0 Å². The SMILES string of the molecule is Cc1ccc(Cl)cc1OCC(=O)N1CCC(c2[nH]ncc2N)C1. The van der Waals surface area contributed by atoms with Crippen LogP contribution in [0, 0.1) is 6.92 Å². The molecule has 3 N–H and O–H groups in total. The number of amides is 1. The van der Waals surface area contributed by atoms with Crippen LogP contribution < -0.4 is 10.5 Å². The van der Waals surface area contributed by atoms with Gasteiger partial charge in [-0.05, 0) is 31.0 Å². The van der Waals surface area contributed by atoms with Crippen LogP contribution in [-0.2, 0) is 4.79 Å². The van der Waals surface area contributed by atoms with E-state index in [1.54, 1.807) is 23.2 Å². The number of rotatable bonds is 4. The van der Waals surface area contributed by atoms with Gasteiger partial charge in [0.05, 0.1) is 17.6 Å². The number of carbonyl (C=O) groups is 1. The van der Waals surface area contributed by atoms with Crippen molar-refractivity contribution >= 4 is 23.2 Å². The highest BCUT2D eigenvalue weighted by molar-refractivity contribution is 6.30. The van der Waals surface area contributed by atoms with Crippen molar-refractivity contribution in [3.63, 3.8) is 0 Å². The molecule has 0 bridgehead atoms. The van der Waals surface area contributed by atoms with Crippen LogP contribution in [-0.4, -0.2) is 40.7 Å². The third-order valence-electron chi connectivity index (χ3n) is 4.15. The molecule has 1 aromatic carbocycles. The molecule has 6 nitrogen and oxygen atoms in total. The average Bonchev–Trinajstić information content (AvgIpc) is 3.16. The van der Waals surface area contributed by atoms with E-state index in [0.717, 1.165) is 17.7 Å². The summed E-state index contributed by atoms with van der Waals surface area (Å²) in [5.74, 6) is 0.804. The average molecular weight is 335 g/mol. The second-order valence-electron chi connectivity index (χ2n) is 5.76. The summed E-state index contributed by atoms with van der Waals surface area (Å²) in [6.07, 6.45) is 2.47. The molecule has 2 aromatic rings. The predicted octanol–water partition coefficient (Wildman–Crippen LogP) is 2.35. The number of nitrogens with zero attached hydrogens (tertiary/aromatic N) is 2. The van der Waals surface area contributed by atoms with Crippen molar-refractivity contribution in [2.75, 3.05) is 25.4 Å². The number of benzene rings is 1. The number of halogens is 1. The summed E-state index contributed by atoms with van der Waals surface area (Å²) in [6.45, 7) is 3.25. The predicted molar refractivity (Wildman–Crippen MR) is 88.6 cm³/mol. The van der Waals surface area contributed by atoms with Gasteiger partial charge in [-0.25, -0.2) is 0 Å². The molecule has 1 fully saturated rings. The Morgan fingerprint density at radius 1 is 1.57 bits per heavy atom. The molecule has 0 spiro atoms. The van der Waals surface area contributed by atoms with Crippen molar-refractivity contribution in [3.05, 3.63) is 40.7 Å². The first-order chi connectivity index (χ1) is 11.0. The standard InChI is InChI=1S/C16H19ClN4O2/c1-10-2-3-12(17)6-14(10)23-9-15(22)21-5-4-11(8-21)16-13(18)7-19-20-16/h2-3,6-7,11H,4-5,8-9,18H2,1H3,(H,19,20). The Kier molecular flexibility index (Phi) is 4.43. The summed E-state index contributed by atoms with van der Waals surface area (Å²) in [5.41, 5.74) is 8.38. The molecular formula is C16H19ClN4O2. The van der Waals surface area contributed by atoms with Gasteiger partial charge in [0.15, 0.2) is 6.61 Å². The quantitative estimate of drug-likeness (QED) is 0.898.